The zero-order valence-corrected chi connectivity index (χ0v) is 16.2. The van der Waals surface area contributed by atoms with Crippen molar-refractivity contribution in [2.75, 3.05) is 25.7 Å². The number of benzene rings is 2. The number of methoxy groups -OCH3 is 2. The third-order valence-corrected chi connectivity index (χ3v) is 4.18. The van der Waals surface area contributed by atoms with E-state index in [9.17, 15) is 9.59 Å². The highest BCUT2D eigenvalue weighted by Gasteiger charge is 2.17. The number of ether oxygens (including phenoxy) is 2. The van der Waals surface area contributed by atoms with Crippen LogP contribution in [-0.2, 0) is 16.1 Å². The molecule has 0 aliphatic heterocycles. The van der Waals surface area contributed by atoms with E-state index in [-0.39, 0.29) is 18.2 Å². The largest absolute Gasteiger partial charge is 0.493 e. The van der Waals surface area contributed by atoms with Crippen molar-refractivity contribution in [3.63, 3.8) is 0 Å². The fourth-order valence-corrected chi connectivity index (χ4v) is 2.79. The van der Waals surface area contributed by atoms with Crippen LogP contribution in [0, 0.1) is 6.92 Å². The standard InChI is InChI=1S/C21H26N2O4/c1-5-23(17-8-6-7-15(2)11-17)21(25)13-20(24)22-14-16-9-10-18(26-3)19(12-16)27-4/h6-12H,5,13-14H2,1-4H3,(H,22,24). The number of carbonyl (C=O) groups is 2. The van der Waals surface area contributed by atoms with Crippen LogP contribution >= 0.6 is 0 Å². The maximum Gasteiger partial charge on any atom is 0.236 e. The molecule has 0 unspecified atom stereocenters. The topological polar surface area (TPSA) is 67.9 Å². The third kappa shape index (κ3) is 5.48. The molecule has 0 saturated carbocycles. The molecule has 0 aromatic heterocycles. The number of amides is 2. The second-order valence-corrected chi connectivity index (χ2v) is 6.12. The molecule has 2 amide bonds. The lowest BCUT2D eigenvalue weighted by Gasteiger charge is -2.21. The number of hydrogen-bond acceptors (Lipinski definition) is 4. The minimum absolute atomic E-state index is 0.199. The number of aryl methyl sites for hydroxylation is 1. The van der Waals surface area contributed by atoms with Gasteiger partial charge in [-0.25, -0.2) is 0 Å². The Morgan fingerprint density at radius 3 is 2.41 bits per heavy atom. The van der Waals surface area contributed by atoms with E-state index in [0.717, 1.165) is 16.8 Å². The number of carbonyl (C=O) groups excluding carboxylic acids is 2. The first-order valence-corrected chi connectivity index (χ1v) is 8.83. The molecule has 0 atom stereocenters. The van der Waals surface area contributed by atoms with Gasteiger partial charge in [0.1, 0.15) is 6.42 Å². The van der Waals surface area contributed by atoms with Crippen molar-refractivity contribution >= 4 is 17.5 Å². The van der Waals surface area contributed by atoms with Gasteiger partial charge in [-0.05, 0) is 49.2 Å². The fraction of sp³-hybridized carbons (Fsp3) is 0.333. The van der Waals surface area contributed by atoms with E-state index in [2.05, 4.69) is 5.32 Å². The molecule has 0 saturated heterocycles. The summed E-state index contributed by atoms with van der Waals surface area (Å²) in [7, 11) is 3.13. The Labute approximate surface area is 160 Å². The molecule has 0 spiro atoms. The summed E-state index contributed by atoms with van der Waals surface area (Å²) >= 11 is 0. The number of nitrogens with zero attached hydrogens (tertiary/aromatic N) is 1. The van der Waals surface area contributed by atoms with Crippen LogP contribution in [0.15, 0.2) is 42.5 Å². The first-order chi connectivity index (χ1) is 13.0. The minimum Gasteiger partial charge on any atom is -0.493 e. The zero-order chi connectivity index (χ0) is 19.8. The third-order valence-electron chi connectivity index (χ3n) is 4.18. The Morgan fingerprint density at radius 2 is 1.78 bits per heavy atom. The number of anilines is 1. The van der Waals surface area contributed by atoms with Gasteiger partial charge in [0.2, 0.25) is 11.8 Å². The molecular weight excluding hydrogens is 344 g/mol. The SMILES string of the molecule is CCN(C(=O)CC(=O)NCc1ccc(OC)c(OC)c1)c1cccc(C)c1. The molecule has 2 aromatic rings. The summed E-state index contributed by atoms with van der Waals surface area (Å²) in [5.41, 5.74) is 2.73. The van der Waals surface area contributed by atoms with Crippen molar-refractivity contribution in [1.29, 1.82) is 0 Å². The molecule has 2 rings (SSSR count). The van der Waals surface area contributed by atoms with Gasteiger partial charge in [-0.15, -0.1) is 0 Å². The summed E-state index contributed by atoms with van der Waals surface area (Å²) < 4.78 is 10.5. The highest BCUT2D eigenvalue weighted by Crippen LogP contribution is 2.27. The van der Waals surface area contributed by atoms with Crippen LogP contribution in [0.2, 0.25) is 0 Å². The molecular formula is C21H26N2O4. The lowest BCUT2D eigenvalue weighted by molar-refractivity contribution is -0.128. The van der Waals surface area contributed by atoms with Crippen molar-refractivity contribution in [1.82, 2.24) is 5.32 Å². The van der Waals surface area contributed by atoms with Crippen LogP contribution in [0.4, 0.5) is 5.69 Å². The molecule has 0 radical (unpaired) electrons. The number of hydrogen-bond donors (Lipinski definition) is 1. The molecule has 0 aliphatic rings. The van der Waals surface area contributed by atoms with Gasteiger partial charge < -0.3 is 19.7 Å². The summed E-state index contributed by atoms with van der Waals surface area (Å²) in [5.74, 6) is 0.672. The van der Waals surface area contributed by atoms with Crippen molar-refractivity contribution in [3.8, 4) is 11.5 Å². The van der Waals surface area contributed by atoms with Gasteiger partial charge in [0.25, 0.3) is 0 Å². The molecule has 0 heterocycles. The van der Waals surface area contributed by atoms with E-state index in [1.807, 2.05) is 44.2 Å². The first-order valence-electron chi connectivity index (χ1n) is 8.83. The first kappa shape index (κ1) is 20.3. The Bertz CT molecular complexity index is 805. The molecule has 2 aromatic carbocycles. The zero-order valence-electron chi connectivity index (χ0n) is 16.2. The summed E-state index contributed by atoms with van der Waals surface area (Å²) in [6.07, 6.45) is -0.199. The summed E-state index contributed by atoms with van der Waals surface area (Å²) in [5, 5.41) is 2.78. The molecule has 0 aliphatic carbocycles. The maximum atomic E-state index is 12.5. The molecule has 6 nitrogen and oxygen atoms in total. The van der Waals surface area contributed by atoms with Gasteiger partial charge in [-0.1, -0.05) is 18.2 Å². The van der Waals surface area contributed by atoms with Crippen LogP contribution in [0.25, 0.3) is 0 Å². The average Bonchev–Trinajstić information content (AvgIpc) is 2.66. The van der Waals surface area contributed by atoms with Gasteiger partial charge in [0.15, 0.2) is 11.5 Å². The summed E-state index contributed by atoms with van der Waals surface area (Å²) in [6.45, 7) is 4.67. The molecule has 144 valence electrons. The van der Waals surface area contributed by atoms with Crippen LogP contribution < -0.4 is 19.7 Å². The van der Waals surface area contributed by atoms with E-state index in [0.29, 0.717) is 24.6 Å². The molecule has 1 N–H and O–H groups in total. The quantitative estimate of drug-likeness (QED) is 0.725. The Kier molecular flexibility index (Phi) is 7.23. The normalized spacial score (nSPS) is 10.2. The highest BCUT2D eigenvalue weighted by molar-refractivity contribution is 6.04. The van der Waals surface area contributed by atoms with Crippen LogP contribution in [0.5, 0.6) is 11.5 Å². The van der Waals surface area contributed by atoms with Gasteiger partial charge in [0, 0.05) is 18.8 Å². The average molecular weight is 370 g/mol. The predicted molar refractivity (Wildman–Crippen MR) is 105 cm³/mol. The van der Waals surface area contributed by atoms with E-state index in [1.165, 1.54) is 0 Å². The summed E-state index contributed by atoms with van der Waals surface area (Å²) in [6, 6.07) is 13.1. The second kappa shape index (κ2) is 9.62. The fourth-order valence-electron chi connectivity index (χ4n) is 2.79. The lowest BCUT2D eigenvalue weighted by Crippen LogP contribution is -2.35. The lowest BCUT2D eigenvalue weighted by atomic mass is 10.2. The molecule has 27 heavy (non-hydrogen) atoms. The van der Waals surface area contributed by atoms with E-state index in [1.54, 1.807) is 31.3 Å². The smallest absolute Gasteiger partial charge is 0.236 e. The van der Waals surface area contributed by atoms with E-state index >= 15 is 0 Å². The number of nitrogens with one attached hydrogen (secondary N) is 1. The minimum atomic E-state index is -0.319. The van der Waals surface area contributed by atoms with Crippen molar-refractivity contribution in [3.05, 3.63) is 53.6 Å². The van der Waals surface area contributed by atoms with Gasteiger partial charge in [0.05, 0.1) is 14.2 Å². The molecule has 0 fully saturated rings. The van der Waals surface area contributed by atoms with Crippen LogP contribution in [-0.4, -0.2) is 32.6 Å². The second-order valence-electron chi connectivity index (χ2n) is 6.12. The van der Waals surface area contributed by atoms with E-state index in [4.69, 9.17) is 9.47 Å². The monoisotopic (exact) mass is 370 g/mol. The molecule has 0 bridgehead atoms. The van der Waals surface area contributed by atoms with Crippen molar-refractivity contribution in [2.24, 2.45) is 0 Å². The van der Waals surface area contributed by atoms with Gasteiger partial charge in [-0.3, -0.25) is 9.59 Å². The van der Waals surface area contributed by atoms with Crippen LogP contribution in [0.3, 0.4) is 0 Å². The van der Waals surface area contributed by atoms with Gasteiger partial charge >= 0.3 is 0 Å². The Hall–Kier alpha value is -3.02. The summed E-state index contributed by atoms with van der Waals surface area (Å²) in [4.78, 5) is 26.3. The predicted octanol–water partition coefficient (Wildman–Crippen LogP) is 3.07. The van der Waals surface area contributed by atoms with Crippen molar-refractivity contribution < 1.29 is 19.1 Å². The maximum absolute atomic E-state index is 12.5. The van der Waals surface area contributed by atoms with Gasteiger partial charge in [-0.2, -0.15) is 0 Å². The Balaban J connectivity index is 1.95. The van der Waals surface area contributed by atoms with Crippen molar-refractivity contribution in [2.45, 2.75) is 26.8 Å². The Morgan fingerprint density at radius 1 is 1.04 bits per heavy atom. The van der Waals surface area contributed by atoms with E-state index < -0.39 is 0 Å². The van der Waals surface area contributed by atoms with Crippen LogP contribution in [0.1, 0.15) is 24.5 Å². The molecule has 6 heteroatoms. The number of rotatable bonds is 8. The highest BCUT2D eigenvalue weighted by atomic mass is 16.5.